The molecule has 0 amide bonds. The molecular weight excluding hydrogens is 378 g/mol. The van der Waals surface area contributed by atoms with Gasteiger partial charge in [-0.05, 0) is 23.8 Å². The topological polar surface area (TPSA) is 74.6 Å². The van der Waals surface area contributed by atoms with Crippen LogP contribution in [0.15, 0.2) is 53.3 Å². The first-order chi connectivity index (χ1) is 13.3. The molecule has 3 aromatic rings. The molecule has 3 rings (SSSR count). The van der Waals surface area contributed by atoms with Gasteiger partial charge in [-0.15, -0.1) is 0 Å². The van der Waals surface area contributed by atoms with Crippen LogP contribution >= 0.6 is 0 Å². The fourth-order valence-corrected chi connectivity index (χ4v) is 3.57. The van der Waals surface area contributed by atoms with Gasteiger partial charge in [-0.1, -0.05) is 30.3 Å². The predicted molar refractivity (Wildman–Crippen MR) is 111 cm³/mol. The third kappa shape index (κ3) is 4.26. The largest absolute Gasteiger partial charge is 0.497 e. The van der Waals surface area contributed by atoms with Gasteiger partial charge in [0.2, 0.25) is 0 Å². The normalized spacial score (nSPS) is 11.7. The minimum absolute atomic E-state index is 0.0664. The number of aromatic nitrogens is 1. The molecule has 148 valence electrons. The highest BCUT2D eigenvalue weighted by atomic mass is 32.2. The summed E-state index contributed by atoms with van der Waals surface area (Å²) in [7, 11) is 0.172. The molecule has 0 bridgehead atoms. The van der Waals surface area contributed by atoms with Gasteiger partial charge in [0.25, 0.3) is 5.56 Å². The van der Waals surface area contributed by atoms with Crippen molar-refractivity contribution in [1.29, 1.82) is 0 Å². The molecule has 0 spiro atoms. The second kappa shape index (κ2) is 8.16. The highest BCUT2D eigenvalue weighted by Gasteiger charge is 2.17. The van der Waals surface area contributed by atoms with E-state index in [9.17, 15) is 13.2 Å². The molecule has 7 heteroatoms. The van der Waals surface area contributed by atoms with E-state index in [2.05, 4.69) is 0 Å². The number of ether oxygens (including phenoxy) is 2. The molecule has 0 N–H and O–H groups in total. The molecule has 0 aliphatic heterocycles. The minimum atomic E-state index is -3.11. The molecule has 0 unspecified atom stereocenters. The molecule has 0 aliphatic rings. The molecule has 0 saturated heterocycles. The summed E-state index contributed by atoms with van der Waals surface area (Å²) in [6.45, 7) is 0.191. The summed E-state index contributed by atoms with van der Waals surface area (Å²) < 4.78 is 35.2. The molecule has 1 aromatic heterocycles. The summed E-state index contributed by atoms with van der Waals surface area (Å²) >= 11 is 0. The summed E-state index contributed by atoms with van der Waals surface area (Å²) in [5.74, 6) is 0.588. The Morgan fingerprint density at radius 3 is 2.39 bits per heavy atom. The van der Waals surface area contributed by atoms with Crippen LogP contribution in [0.1, 0.15) is 5.69 Å². The standard InChI is InChI=1S/C21H23NO5S/c1-22-19(14-27-11-12-28(3,24)25)20(15-7-5-4-6-8-15)18-13-16(26-2)9-10-17(18)21(22)23/h4-10,13H,11-12,14H2,1-3H3. The Morgan fingerprint density at radius 2 is 1.75 bits per heavy atom. The van der Waals surface area contributed by atoms with Crippen molar-refractivity contribution in [2.24, 2.45) is 7.05 Å². The monoisotopic (exact) mass is 401 g/mol. The molecule has 0 aliphatic carbocycles. The average Bonchev–Trinajstić information content (AvgIpc) is 2.68. The third-order valence-electron chi connectivity index (χ3n) is 4.62. The lowest BCUT2D eigenvalue weighted by Gasteiger charge is -2.18. The van der Waals surface area contributed by atoms with Crippen molar-refractivity contribution in [3.8, 4) is 16.9 Å². The van der Waals surface area contributed by atoms with Crippen molar-refractivity contribution in [1.82, 2.24) is 4.57 Å². The molecule has 28 heavy (non-hydrogen) atoms. The fourth-order valence-electron chi connectivity index (χ4n) is 3.15. The van der Waals surface area contributed by atoms with Crippen LogP contribution in [-0.2, 0) is 28.2 Å². The van der Waals surface area contributed by atoms with Crippen LogP contribution < -0.4 is 10.3 Å². The smallest absolute Gasteiger partial charge is 0.258 e. The van der Waals surface area contributed by atoms with Crippen molar-refractivity contribution in [2.75, 3.05) is 25.7 Å². The van der Waals surface area contributed by atoms with E-state index in [1.54, 1.807) is 30.9 Å². The summed E-state index contributed by atoms with van der Waals surface area (Å²) in [4.78, 5) is 12.9. The third-order valence-corrected chi connectivity index (χ3v) is 5.53. The number of sulfone groups is 1. The van der Waals surface area contributed by atoms with Crippen molar-refractivity contribution in [3.05, 3.63) is 64.6 Å². The molecule has 1 heterocycles. The van der Waals surface area contributed by atoms with Gasteiger partial charge in [0.05, 0.1) is 31.8 Å². The number of rotatable bonds is 7. The first kappa shape index (κ1) is 20.1. The van der Waals surface area contributed by atoms with Gasteiger partial charge in [0.15, 0.2) is 0 Å². The first-order valence-corrected chi connectivity index (χ1v) is 10.9. The zero-order valence-electron chi connectivity index (χ0n) is 16.1. The van der Waals surface area contributed by atoms with Crippen LogP contribution in [0.2, 0.25) is 0 Å². The summed E-state index contributed by atoms with van der Waals surface area (Å²) in [5, 5.41) is 1.36. The Bertz CT molecular complexity index is 1150. The van der Waals surface area contributed by atoms with Gasteiger partial charge in [0, 0.05) is 29.6 Å². The van der Waals surface area contributed by atoms with Crippen molar-refractivity contribution >= 4 is 20.6 Å². The van der Waals surface area contributed by atoms with Crippen molar-refractivity contribution < 1.29 is 17.9 Å². The highest BCUT2D eigenvalue weighted by molar-refractivity contribution is 7.90. The Morgan fingerprint density at radius 1 is 1.04 bits per heavy atom. The highest BCUT2D eigenvalue weighted by Crippen LogP contribution is 2.33. The van der Waals surface area contributed by atoms with E-state index in [1.807, 2.05) is 36.4 Å². The number of fused-ring (bicyclic) bond motifs is 1. The van der Waals surface area contributed by atoms with E-state index in [-0.39, 0.29) is 24.5 Å². The number of hydrogen-bond acceptors (Lipinski definition) is 5. The van der Waals surface area contributed by atoms with Gasteiger partial charge in [-0.25, -0.2) is 8.42 Å². The summed E-state index contributed by atoms with van der Waals surface area (Å²) in [6.07, 6.45) is 1.17. The molecular formula is C21H23NO5S. The number of nitrogens with zero attached hydrogens (tertiary/aromatic N) is 1. The average molecular weight is 401 g/mol. The Kier molecular flexibility index (Phi) is 5.86. The lowest BCUT2D eigenvalue weighted by atomic mass is 9.97. The second-order valence-electron chi connectivity index (χ2n) is 6.65. The van der Waals surface area contributed by atoms with E-state index in [4.69, 9.17) is 9.47 Å². The molecule has 0 saturated carbocycles. The van der Waals surface area contributed by atoms with Crippen LogP contribution in [0, 0.1) is 0 Å². The van der Waals surface area contributed by atoms with Gasteiger partial charge < -0.3 is 14.0 Å². The van der Waals surface area contributed by atoms with Gasteiger partial charge in [-0.2, -0.15) is 0 Å². The number of benzene rings is 2. The fraction of sp³-hybridized carbons (Fsp3) is 0.286. The summed E-state index contributed by atoms with van der Waals surface area (Å²) in [6, 6.07) is 15.1. The lowest BCUT2D eigenvalue weighted by molar-refractivity contribution is 0.130. The van der Waals surface area contributed by atoms with E-state index in [1.165, 1.54) is 6.26 Å². The maximum absolute atomic E-state index is 12.9. The van der Waals surface area contributed by atoms with Gasteiger partial charge in [0.1, 0.15) is 15.6 Å². The maximum Gasteiger partial charge on any atom is 0.258 e. The van der Waals surface area contributed by atoms with Crippen molar-refractivity contribution in [3.63, 3.8) is 0 Å². The molecule has 0 atom stereocenters. The number of pyridine rings is 1. The Labute approximate surface area is 164 Å². The van der Waals surface area contributed by atoms with Crippen LogP contribution in [0.25, 0.3) is 21.9 Å². The van der Waals surface area contributed by atoms with Crippen LogP contribution in [-0.4, -0.2) is 38.7 Å². The molecule has 0 radical (unpaired) electrons. The summed E-state index contributed by atoms with van der Waals surface area (Å²) in [5.41, 5.74) is 2.36. The second-order valence-corrected chi connectivity index (χ2v) is 8.91. The maximum atomic E-state index is 12.9. The Hall–Kier alpha value is -2.64. The number of hydrogen-bond donors (Lipinski definition) is 0. The number of methoxy groups -OCH3 is 1. The zero-order valence-corrected chi connectivity index (χ0v) is 17.0. The van der Waals surface area contributed by atoms with Gasteiger partial charge >= 0.3 is 0 Å². The van der Waals surface area contributed by atoms with E-state index in [0.717, 1.165) is 16.5 Å². The first-order valence-electron chi connectivity index (χ1n) is 8.82. The predicted octanol–water partition coefficient (Wildman–Crippen LogP) is 2.78. The lowest BCUT2D eigenvalue weighted by Crippen LogP contribution is -2.23. The van der Waals surface area contributed by atoms with Gasteiger partial charge in [-0.3, -0.25) is 4.79 Å². The molecule has 2 aromatic carbocycles. The van der Waals surface area contributed by atoms with E-state index >= 15 is 0 Å². The van der Waals surface area contributed by atoms with E-state index < -0.39 is 9.84 Å². The van der Waals surface area contributed by atoms with Crippen LogP contribution in [0.3, 0.4) is 0 Å². The quantitative estimate of drug-likeness (QED) is 0.569. The van der Waals surface area contributed by atoms with Crippen molar-refractivity contribution in [2.45, 2.75) is 6.61 Å². The molecule has 6 nitrogen and oxygen atoms in total. The molecule has 0 fully saturated rings. The van der Waals surface area contributed by atoms with E-state index in [0.29, 0.717) is 16.8 Å². The zero-order chi connectivity index (χ0) is 20.3. The Balaban J connectivity index is 2.17. The van der Waals surface area contributed by atoms with Crippen LogP contribution in [0.4, 0.5) is 0 Å². The SMILES string of the molecule is COc1ccc2c(=O)n(C)c(COCCS(C)(=O)=O)c(-c3ccccc3)c2c1. The minimum Gasteiger partial charge on any atom is -0.497 e. The van der Waals surface area contributed by atoms with Crippen LogP contribution in [0.5, 0.6) is 5.75 Å².